The van der Waals surface area contributed by atoms with Gasteiger partial charge in [0.05, 0.1) is 11.5 Å². The van der Waals surface area contributed by atoms with Gasteiger partial charge < -0.3 is 19.1 Å². The van der Waals surface area contributed by atoms with Crippen LogP contribution in [0.2, 0.25) is 0 Å². The largest absolute Gasteiger partial charge is 0.494 e. The summed E-state index contributed by atoms with van der Waals surface area (Å²) in [6, 6.07) is 13.6. The molecule has 1 atom stereocenters. The molecule has 0 unspecified atom stereocenters. The number of rotatable bonds is 5. The maximum absolute atomic E-state index is 12.9. The van der Waals surface area contributed by atoms with Crippen molar-refractivity contribution in [3.8, 4) is 17.2 Å². The molecule has 0 N–H and O–H groups in total. The molecule has 9 heteroatoms. The Labute approximate surface area is 176 Å². The molecule has 0 radical (unpaired) electrons. The van der Waals surface area contributed by atoms with Crippen LogP contribution < -0.4 is 14.2 Å². The zero-order chi connectivity index (χ0) is 21.1. The molecule has 4 rings (SSSR count). The van der Waals surface area contributed by atoms with Crippen molar-refractivity contribution in [3.63, 3.8) is 0 Å². The number of hydrogen-bond donors (Lipinski definition) is 0. The minimum absolute atomic E-state index is 0.139. The Hall–Kier alpha value is -2.78. The third-order valence-corrected chi connectivity index (χ3v) is 7.02. The molecular formula is C21H24N2O6S. The van der Waals surface area contributed by atoms with Gasteiger partial charge in [0.15, 0.2) is 11.5 Å². The van der Waals surface area contributed by atoms with E-state index in [1.807, 2.05) is 19.1 Å². The van der Waals surface area contributed by atoms with E-state index in [2.05, 4.69) is 0 Å². The van der Waals surface area contributed by atoms with Gasteiger partial charge >= 0.3 is 0 Å². The van der Waals surface area contributed by atoms with Gasteiger partial charge in [-0.25, -0.2) is 8.42 Å². The number of amides is 1. The van der Waals surface area contributed by atoms with Crippen molar-refractivity contribution in [2.45, 2.75) is 17.9 Å². The molecule has 0 saturated carbocycles. The number of carbonyl (C=O) groups excluding carboxylic acids is 1. The van der Waals surface area contributed by atoms with Crippen molar-refractivity contribution in [2.75, 3.05) is 39.4 Å². The van der Waals surface area contributed by atoms with Crippen LogP contribution in [0.4, 0.5) is 0 Å². The zero-order valence-corrected chi connectivity index (χ0v) is 17.5. The highest BCUT2D eigenvalue weighted by atomic mass is 32.2. The summed E-state index contributed by atoms with van der Waals surface area (Å²) in [6.07, 6.45) is -0.728. The Morgan fingerprint density at radius 2 is 1.70 bits per heavy atom. The SMILES string of the molecule is CCOc1ccc(S(=O)(=O)N2CCN(C(=O)[C@@H]3COc4ccccc4O3)CC2)cc1. The standard InChI is InChI=1S/C21H24N2O6S/c1-2-27-16-7-9-17(10-8-16)30(25,26)23-13-11-22(12-14-23)21(24)20-15-28-18-5-3-4-6-19(18)29-20/h3-10,20H,2,11-15H2,1H3/t20-/m0/s1. The lowest BCUT2D eigenvalue weighted by Gasteiger charge is -2.36. The summed E-state index contributed by atoms with van der Waals surface area (Å²) >= 11 is 0. The summed E-state index contributed by atoms with van der Waals surface area (Å²) < 4.78 is 44.0. The van der Waals surface area contributed by atoms with Gasteiger partial charge in [-0.1, -0.05) is 12.1 Å². The molecule has 2 heterocycles. The van der Waals surface area contributed by atoms with Crippen LogP contribution in [0.3, 0.4) is 0 Å². The summed E-state index contributed by atoms with van der Waals surface area (Å²) in [5, 5.41) is 0. The van der Waals surface area contributed by atoms with E-state index in [9.17, 15) is 13.2 Å². The molecule has 0 aromatic heterocycles. The van der Waals surface area contributed by atoms with Crippen LogP contribution >= 0.6 is 0 Å². The fraction of sp³-hybridized carbons (Fsp3) is 0.381. The normalized spacial score (nSPS) is 19.4. The maximum atomic E-state index is 12.9. The zero-order valence-electron chi connectivity index (χ0n) is 16.7. The quantitative estimate of drug-likeness (QED) is 0.716. The van der Waals surface area contributed by atoms with Crippen LogP contribution in [-0.2, 0) is 14.8 Å². The number of hydrogen-bond acceptors (Lipinski definition) is 6. The number of sulfonamides is 1. The van der Waals surface area contributed by atoms with E-state index in [4.69, 9.17) is 14.2 Å². The minimum atomic E-state index is -3.62. The Kier molecular flexibility index (Phi) is 5.83. The minimum Gasteiger partial charge on any atom is -0.494 e. The molecule has 0 spiro atoms. The first kappa shape index (κ1) is 20.5. The fourth-order valence-electron chi connectivity index (χ4n) is 3.52. The summed E-state index contributed by atoms with van der Waals surface area (Å²) in [6.45, 7) is 3.59. The van der Waals surface area contributed by atoms with Crippen LogP contribution in [0.1, 0.15) is 6.92 Å². The van der Waals surface area contributed by atoms with Gasteiger partial charge in [0.2, 0.25) is 16.1 Å². The third-order valence-electron chi connectivity index (χ3n) is 5.11. The molecule has 160 valence electrons. The van der Waals surface area contributed by atoms with Gasteiger partial charge in [-0.05, 0) is 43.3 Å². The first-order valence-corrected chi connectivity index (χ1v) is 11.3. The average Bonchev–Trinajstić information content (AvgIpc) is 2.79. The second-order valence-corrected chi connectivity index (χ2v) is 8.94. The molecule has 0 bridgehead atoms. The maximum Gasteiger partial charge on any atom is 0.267 e. The monoisotopic (exact) mass is 432 g/mol. The second-order valence-electron chi connectivity index (χ2n) is 7.00. The molecule has 8 nitrogen and oxygen atoms in total. The Bertz CT molecular complexity index is 1000. The van der Waals surface area contributed by atoms with E-state index in [0.717, 1.165) is 0 Å². The lowest BCUT2D eigenvalue weighted by molar-refractivity contribution is -0.142. The number of carbonyl (C=O) groups is 1. The van der Waals surface area contributed by atoms with Crippen molar-refractivity contribution < 1.29 is 27.4 Å². The Morgan fingerprint density at radius 1 is 1.03 bits per heavy atom. The van der Waals surface area contributed by atoms with Gasteiger partial charge in [0.25, 0.3) is 5.91 Å². The molecule has 2 aliphatic heterocycles. The van der Waals surface area contributed by atoms with Gasteiger partial charge in [-0.3, -0.25) is 4.79 Å². The van der Waals surface area contributed by atoms with Crippen molar-refractivity contribution in [1.29, 1.82) is 0 Å². The first-order chi connectivity index (χ1) is 14.5. The van der Waals surface area contributed by atoms with Crippen molar-refractivity contribution in [2.24, 2.45) is 0 Å². The molecule has 2 aliphatic rings. The van der Waals surface area contributed by atoms with Crippen molar-refractivity contribution >= 4 is 15.9 Å². The van der Waals surface area contributed by atoms with Gasteiger partial charge in [0.1, 0.15) is 12.4 Å². The lowest BCUT2D eigenvalue weighted by atomic mass is 10.2. The van der Waals surface area contributed by atoms with Crippen LogP contribution in [-0.4, -0.2) is 69.0 Å². The molecular weight excluding hydrogens is 408 g/mol. The molecule has 2 aromatic carbocycles. The Balaban J connectivity index is 1.37. The molecule has 2 aromatic rings. The summed E-state index contributed by atoms with van der Waals surface area (Å²) in [7, 11) is -3.62. The molecule has 1 amide bonds. The van der Waals surface area contributed by atoms with E-state index in [0.29, 0.717) is 36.9 Å². The highest BCUT2D eigenvalue weighted by Gasteiger charge is 2.35. The van der Waals surface area contributed by atoms with Crippen LogP contribution in [0.15, 0.2) is 53.4 Å². The fourth-order valence-corrected chi connectivity index (χ4v) is 4.94. The number of piperazine rings is 1. The molecule has 1 saturated heterocycles. The van der Waals surface area contributed by atoms with Crippen LogP contribution in [0.5, 0.6) is 17.2 Å². The van der Waals surface area contributed by atoms with Gasteiger partial charge in [-0.15, -0.1) is 0 Å². The Morgan fingerprint density at radius 3 is 2.37 bits per heavy atom. The first-order valence-electron chi connectivity index (χ1n) is 9.89. The topological polar surface area (TPSA) is 85.4 Å². The number of ether oxygens (including phenoxy) is 3. The van der Waals surface area contributed by atoms with Crippen molar-refractivity contribution in [3.05, 3.63) is 48.5 Å². The van der Waals surface area contributed by atoms with Crippen molar-refractivity contribution in [1.82, 2.24) is 9.21 Å². The number of para-hydroxylation sites is 2. The number of fused-ring (bicyclic) bond motifs is 1. The molecule has 30 heavy (non-hydrogen) atoms. The highest BCUT2D eigenvalue weighted by Crippen LogP contribution is 2.31. The van der Waals surface area contributed by atoms with Gasteiger partial charge in [-0.2, -0.15) is 4.31 Å². The summed E-state index contributed by atoms with van der Waals surface area (Å²) in [4.78, 5) is 14.7. The second kappa shape index (κ2) is 8.53. The predicted molar refractivity (Wildman–Crippen MR) is 109 cm³/mol. The van der Waals surface area contributed by atoms with Gasteiger partial charge in [0, 0.05) is 26.2 Å². The number of benzene rings is 2. The number of nitrogens with zero attached hydrogens (tertiary/aromatic N) is 2. The smallest absolute Gasteiger partial charge is 0.267 e. The summed E-state index contributed by atoms with van der Waals surface area (Å²) in [5.74, 6) is 1.59. The lowest BCUT2D eigenvalue weighted by Crippen LogP contribution is -2.55. The van der Waals surface area contributed by atoms with Crippen LogP contribution in [0, 0.1) is 0 Å². The van der Waals surface area contributed by atoms with E-state index in [1.165, 1.54) is 4.31 Å². The van der Waals surface area contributed by atoms with E-state index in [1.54, 1.807) is 41.3 Å². The van der Waals surface area contributed by atoms with E-state index >= 15 is 0 Å². The molecule has 0 aliphatic carbocycles. The highest BCUT2D eigenvalue weighted by molar-refractivity contribution is 7.89. The van der Waals surface area contributed by atoms with Crippen LogP contribution in [0.25, 0.3) is 0 Å². The van der Waals surface area contributed by atoms with E-state index in [-0.39, 0.29) is 30.5 Å². The predicted octanol–water partition coefficient (Wildman–Crippen LogP) is 1.76. The molecule has 1 fully saturated rings. The summed E-state index contributed by atoms with van der Waals surface area (Å²) in [5.41, 5.74) is 0. The third kappa shape index (κ3) is 4.08. The average molecular weight is 432 g/mol. The van der Waals surface area contributed by atoms with E-state index < -0.39 is 16.1 Å².